The van der Waals surface area contributed by atoms with Crippen LogP contribution in [0, 0.1) is 17.8 Å². The molecule has 1 aliphatic heterocycles. The molecule has 2 N–H and O–H groups in total. The van der Waals surface area contributed by atoms with E-state index in [1.54, 1.807) is 0 Å². The van der Waals surface area contributed by atoms with E-state index in [2.05, 4.69) is 48.9 Å². The number of ether oxygens (including phenoxy) is 1. The molecule has 0 spiro atoms. The molecule has 2 aliphatic rings. The minimum absolute atomic E-state index is 0.176. The van der Waals surface area contributed by atoms with E-state index in [9.17, 15) is 10.2 Å². The third-order valence-electron chi connectivity index (χ3n) is 6.12. The monoisotopic (exact) mass is 416 g/mol. The summed E-state index contributed by atoms with van der Waals surface area (Å²) in [5.74, 6) is 0.931. The minimum Gasteiger partial charge on any atom is -0.393 e. The fourth-order valence-corrected chi connectivity index (χ4v) is 5.13. The molecule has 0 bridgehead atoms. The van der Waals surface area contributed by atoms with Gasteiger partial charge in [0.25, 0.3) is 0 Å². The van der Waals surface area contributed by atoms with Crippen LogP contribution in [-0.2, 0) is 4.74 Å². The summed E-state index contributed by atoms with van der Waals surface area (Å²) < 4.78 is 6.25. The van der Waals surface area contributed by atoms with Crippen molar-refractivity contribution in [1.82, 2.24) is 0 Å². The summed E-state index contributed by atoms with van der Waals surface area (Å²) in [4.78, 5) is 0.427. The quantitative estimate of drug-likeness (QED) is 0.395. The Balaban J connectivity index is 1.86. The van der Waals surface area contributed by atoms with Crippen molar-refractivity contribution in [3.8, 4) is 0 Å². The lowest BCUT2D eigenvalue weighted by atomic mass is 9.88. The maximum atomic E-state index is 10.4. The summed E-state index contributed by atoms with van der Waals surface area (Å²) in [5, 5.41) is 20.6. The third-order valence-corrected chi connectivity index (χ3v) is 7.17. The van der Waals surface area contributed by atoms with Crippen LogP contribution in [0.2, 0.25) is 0 Å². The van der Waals surface area contributed by atoms with Crippen LogP contribution in [0.15, 0.2) is 12.2 Å². The van der Waals surface area contributed by atoms with E-state index in [0.29, 0.717) is 23.1 Å². The van der Waals surface area contributed by atoms with Crippen molar-refractivity contribution in [1.29, 1.82) is 0 Å². The Morgan fingerprint density at radius 3 is 2.64 bits per heavy atom. The Labute approximate surface area is 162 Å². The largest absolute Gasteiger partial charge is 0.393 e. The number of aliphatic hydroxyl groups excluding tert-OH is 2. The third kappa shape index (κ3) is 5.79. The van der Waals surface area contributed by atoms with Crippen molar-refractivity contribution in [3.63, 3.8) is 0 Å². The highest BCUT2D eigenvalue weighted by Crippen LogP contribution is 2.46. The van der Waals surface area contributed by atoms with Gasteiger partial charge in [-0.2, -0.15) is 0 Å². The Hall–Kier alpha value is 0.1000. The van der Waals surface area contributed by atoms with Gasteiger partial charge < -0.3 is 14.9 Å². The van der Waals surface area contributed by atoms with Gasteiger partial charge >= 0.3 is 0 Å². The summed E-state index contributed by atoms with van der Waals surface area (Å²) in [7, 11) is 0. The normalized spacial score (nSPS) is 35.8. The van der Waals surface area contributed by atoms with Crippen molar-refractivity contribution >= 4 is 15.9 Å². The first-order valence-corrected chi connectivity index (χ1v) is 11.2. The maximum Gasteiger partial charge on any atom is 0.0707 e. The van der Waals surface area contributed by atoms with Crippen molar-refractivity contribution in [3.05, 3.63) is 12.2 Å². The van der Waals surface area contributed by atoms with Gasteiger partial charge in [-0.3, -0.25) is 0 Å². The second-order valence-electron chi connectivity index (χ2n) is 8.15. The van der Waals surface area contributed by atoms with Gasteiger partial charge in [-0.25, -0.2) is 0 Å². The van der Waals surface area contributed by atoms with Gasteiger partial charge in [-0.05, 0) is 37.5 Å². The number of rotatable bonds is 10. The fourth-order valence-electron chi connectivity index (χ4n) is 4.46. The van der Waals surface area contributed by atoms with Crippen LogP contribution in [0.3, 0.4) is 0 Å². The van der Waals surface area contributed by atoms with Crippen molar-refractivity contribution in [2.24, 2.45) is 17.8 Å². The van der Waals surface area contributed by atoms with Crippen LogP contribution in [-0.4, -0.2) is 39.5 Å². The number of unbranched alkanes of at least 4 members (excludes halogenated alkanes) is 1. The highest BCUT2D eigenvalue weighted by atomic mass is 79.9. The summed E-state index contributed by atoms with van der Waals surface area (Å²) >= 11 is 3.81. The zero-order valence-corrected chi connectivity index (χ0v) is 17.7. The van der Waals surface area contributed by atoms with Crippen LogP contribution >= 0.6 is 15.9 Å². The molecule has 8 atom stereocenters. The standard InChI is InChI=1S/C21H37BrO3/c1-4-6-10-17(22)21-12-16-15(19(24)13-20(16)25-21)9-7-11-18(23)14(3)8-5-2/h7,9,14-21,23-24H,4-6,8,10-13H2,1-3H3/t14?,15-,16-,17?,18?,19-,20-,21-/m1/s1. The van der Waals surface area contributed by atoms with Crippen LogP contribution in [0.25, 0.3) is 0 Å². The number of hydrogen-bond acceptors (Lipinski definition) is 3. The predicted molar refractivity (Wildman–Crippen MR) is 107 cm³/mol. The first-order valence-electron chi connectivity index (χ1n) is 10.3. The number of halogens is 1. The fraction of sp³-hybridized carbons (Fsp3) is 0.905. The molecule has 0 amide bonds. The first kappa shape index (κ1) is 21.4. The average Bonchev–Trinajstić information content (AvgIpc) is 3.11. The minimum atomic E-state index is -0.304. The van der Waals surface area contributed by atoms with Crippen molar-refractivity contribution < 1.29 is 14.9 Å². The Bertz CT molecular complexity index is 414. The van der Waals surface area contributed by atoms with Crippen LogP contribution in [0.4, 0.5) is 0 Å². The van der Waals surface area contributed by atoms with Gasteiger partial charge in [-0.1, -0.05) is 68.1 Å². The van der Waals surface area contributed by atoms with Crippen LogP contribution < -0.4 is 0 Å². The molecule has 1 heterocycles. The summed E-state index contributed by atoms with van der Waals surface area (Å²) in [6.45, 7) is 6.49. The van der Waals surface area contributed by atoms with Gasteiger partial charge in [0.1, 0.15) is 0 Å². The predicted octanol–water partition coefficient (Wildman–Crippen LogP) is 4.84. The topological polar surface area (TPSA) is 49.7 Å². The van der Waals surface area contributed by atoms with E-state index < -0.39 is 0 Å². The van der Waals surface area contributed by atoms with E-state index >= 15 is 0 Å². The van der Waals surface area contributed by atoms with E-state index in [0.717, 1.165) is 32.1 Å². The molecule has 25 heavy (non-hydrogen) atoms. The van der Waals surface area contributed by atoms with Gasteiger partial charge in [0.15, 0.2) is 0 Å². The number of alkyl halides is 1. The lowest BCUT2D eigenvalue weighted by molar-refractivity contribution is 0.0271. The molecule has 1 saturated heterocycles. The molecule has 3 nitrogen and oxygen atoms in total. The Kier molecular flexibility index (Phi) is 8.94. The molecule has 0 aromatic carbocycles. The number of fused-ring (bicyclic) bond motifs is 1. The molecule has 1 saturated carbocycles. The first-order chi connectivity index (χ1) is 12.0. The SMILES string of the molecule is CCCCC(Br)[C@H]1C[C@@H]2[C@@H](C=CCC(O)C(C)CCC)[C@H](O)C[C@H]2O1. The summed E-state index contributed by atoms with van der Waals surface area (Å²) in [6, 6.07) is 0. The zero-order chi connectivity index (χ0) is 18.4. The van der Waals surface area contributed by atoms with Crippen LogP contribution in [0.1, 0.15) is 72.1 Å². The van der Waals surface area contributed by atoms with E-state index in [-0.39, 0.29) is 30.3 Å². The van der Waals surface area contributed by atoms with Gasteiger partial charge in [0, 0.05) is 17.2 Å². The molecule has 2 rings (SSSR count). The molecular weight excluding hydrogens is 380 g/mol. The molecule has 2 fully saturated rings. The molecule has 0 radical (unpaired) electrons. The van der Waals surface area contributed by atoms with E-state index in [4.69, 9.17) is 4.74 Å². The lowest BCUT2D eigenvalue weighted by Gasteiger charge is -2.21. The van der Waals surface area contributed by atoms with E-state index in [1.807, 2.05) is 0 Å². The highest BCUT2D eigenvalue weighted by molar-refractivity contribution is 9.09. The molecule has 4 heteroatoms. The molecule has 146 valence electrons. The summed E-state index contributed by atoms with van der Waals surface area (Å²) in [6.07, 6.45) is 12.4. The molecule has 0 aromatic heterocycles. The second kappa shape index (κ2) is 10.4. The van der Waals surface area contributed by atoms with Gasteiger partial charge in [0.2, 0.25) is 0 Å². The summed E-state index contributed by atoms with van der Waals surface area (Å²) in [5.41, 5.74) is 0. The maximum absolute atomic E-state index is 10.4. The lowest BCUT2D eigenvalue weighted by Crippen LogP contribution is -2.24. The van der Waals surface area contributed by atoms with Gasteiger partial charge in [-0.15, -0.1) is 0 Å². The van der Waals surface area contributed by atoms with Crippen molar-refractivity contribution in [2.45, 2.75) is 101 Å². The number of aliphatic hydroxyl groups is 2. The van der Waals surface area contributed by atoms with Crippen LogP contribution in [0.5, 0.6) is 0 Å². The Morgan fingerprint density at radius 2 is 1.96 bits per heavy atom. The molecule has 3 unspecified atom stereocenters. The zero-order valence-electron chi connectivity index (χ0n) is 16.1. The molecule has 1 aliphatic carbocycles. The molecule has 0 aromatic rings. The Morgan fingerprint density at radius 1 is 1.20 bits per heavy atom. The van der Waals surface area contributed by atoms with Crippen molar-refractivity contribution in [2.75, 3.05) is 0 Å². The average molecular weight is 417 g/mol. The second-order valence-corrected chi connectivity index (χ2v) is 9.32. The highest BCUT2D eigenvalue weighted by Gasteiger charge is 2.49. The molecular formula is C21H37BrO3. The number of hydrogen-bond donors (Lipinski definition) is 2. The smallest absolute Gasteiger partial charge is 0.0707 e. The van der Waals surface area contributed by atoms with Gasteiger partial charge in [0.05, 0.1) is 24.4 Å². The van der Waals surface area contributed by atoms with E-state index in [1.165, 1.54) is 12.8 Å².